The maximum absolute atomic E-state index is 11.9. The van der Waals surface area contributed by atoms with E-state index in [4.69, 9.17) is 4.74 Å². The van der Waals surface area contributed by atoms with Crippen LogP contribution in [0.2, 0.25) is 0 Å². The predicted octanol–water partition coefficient (Wildman–Crippen LogP) is 3.11. The SMILES string of the molecule is CC(C)(C)OC(=O)Nc1cccc2c1cnn2C(C)(C)CO. The molecule has 22 heavy (non-hydrogen) atoms. The molecule has 120 valence electrons. The topological polar surface area (TPSA) is 76.4 Å². The Morgan fingerprint density at radius 1 is 1.32 bits per heavy atom. The Morgan fingerprint density at radius 3 is 2.59 bits per heavy atom. The van der Waals surface area contributed by atoms with Crippen molar-refractivity contribution in [3.05, 3.63) is 24.4 Å². The van der Waals surface area contributed by atoms with Gasteiger partial charge in [-0.15, -0.1) is 0 Å². The largest absolute Gasteiger partial charge is 0.444 e. The number of hydrogen-bond donors (Lipinski definition) is 2. The maximum Gasteiger partial charge on any atom is 0.412 e. The Morgan fingerprint density at radius 2 is 2.00 bits per heavy atom. The average molecular weight is 305 g/mol. The van der Waals surface area contributed by atoms with Gasteiger partial charge in [-0.25, -0.2) is 4.79 Å². The summed E-state index contributed by atoms with van der Waals surface area (Å²) in [7, 11) is 0. The smallest absolute Gasteiger partial charge is 0.412 e. The van der Waals surface area contributed by atoms with Crippen molar-refractivity contribution in [3.8, 4) is 0 Å². The number of fused-ring (bicyclic) bond motifs is 1. The molecule has 0 saturated heterocycles. The van der Waals surface area contributed by atoms with Crippen molar-refractivity contribution in [2.45, 2.75) is 45.8 Å². The molecule has 2 rings (SSSR count). The third kappa shape index (κ3) is 3.39. The number of carbonyl (C=O) groups excluding carboxylic acids is 1. The summed E-state index contributed by atoms with van der Waals surface area (Å²) in [4.78, 5) is 11.9. The van der Waals surface area contributed by atoms with Crippen molar-refractivity contribution in [3.63, 3.8) is 0 Å². The van der Waals surface area contributed by atoms with Crippen LogP contribution in [0.15, 0.2) is 24.4 Å². The summed E-state index contributed by atoms with van der Waals surface area (Å²) >= 11 is 0. The highest BCUT2D eigenvalue weighted by Gasteiger charge is 2.23. The van der Waals surface area contributed by atoms with E-state index in [-0.39, 0.29) is 6.61 Å². The van der Waals surface area contributed by atoms with E-state index in [1.165, 1.54) is 0 Å². The number of rotatable bonds is 3. The van der Waals surface area contributed by atoms with Gasteiger partial charge in [0.2, 0.25) is 0 Å². The Hall–Kier alpha value is -2.08. The summed E-state index contributed by atoms with van der Waals surface area (Å²) in [5.41, 5.74) is 0.396. The molecule has 1 heterocycles. The van der Waals surface area contributed by atoms with Crippen molar-refractivity contribution in [1.29, 1.82) is 0 Å². The number of hydrogen-bond acceptors (Lipinski definition) is 4. The van der Waals surface area contributed by atoms with Crippen molar-refractivity contribution < 1.29 is 14.6 Å². The molecule has 6 nitrogen and oxygen atoms in total. The third-order valence-corrected chi connectivity index (χ3v) is 3.21. The van der Waals surface area contributed by atoms with Crippen molar-refractivity contribution >= 4 is 22.7 Å². The van der Waals surface area contributed by atoms with E-state index < -0.39 is 17.2 Å². The van der Waals surface area contributed by atoms with Gasteiger partial charge in [0.05, 0.1) is 29.5 Å². The Labute approximate surface area is 130 Å². The molecular weight excluding hydrogens is 282 g/mol. The zero-order chi connectivity index (χ0) is 16.5. The summed E-state index contributed by atoms with van der Waals surface area (Å²) in [6.45, 7) is 9.20. The lowest BCUT2D eigenvalue weighted by Crippen LogP contribution is -2.31. The van der Waals surface area contributed by atoms with Crippen LogP contribution >= 0.6 is 0 Å². The molecule has 2 aromatic rings. The lowest BCUT2D eigenvalue weighted by atomic mass is 10.1. The summed E-state index contributed by atoms with van der Waals surface area (Å²) in [6.07, 6.45) is 1.17. The number of carbonyl (C=O) groups is 1. The van der Waals surface area contributed by atoms with E-state index in [1.807, 2.05) is 46.8 Å². The van der Waals surface area contributed by atoms with Gasteiger partial charge in [-0.2, -0.15) is 5.10 Å². The number of aromatic nitrogens is 2. The van der Waals surface area contributed by atoms with Gasteiger partial charge in [0.25, 0.3) is 0 Å². The fraction of sp³-hybridized carbons (Fsp3) is 0.500. The van der Waals surface area contributed by atoms with Crippen molar-refractivity contribution in [2.75, 3.05) is 11.9 Å². The van der Waals surface area contributed by atoms with E-state index in [9.17, 15) is 9.90 Å². The molecule has 0 atom stereocenters. The number of ether oxygens (including phenoxy) is 1. The van der Waals surface area contributed by atoms with Crippen LogP contribution in [0.25, 0.3) is 10.9 Å². The summed E-state index contributed by atoms with van der Waals surface area (Å²) in [5.74, 6) is 0. The van der Waals surface area contributed by atoms with E-state index in [1.54, 1.807) is 16.9 Å². The molecule has 0 saturated carbocycles. The summed E-state index contributed by atoms with van der Waals surface area (Å²) in [5, 5.41) is 17.4. The number of aliphatic hydroxyl groups is 1. The third-order valence-electron chi connectivity index (χ3n) is 3.21. The number of benzene rings is 1. The van der Waals surface area contributed by atoms with Crippen LogP contribution in [0.4, 0.5) is 10.5 Å². The first-order valence-corrected chi connectivity index (χ1v) is 7.22. The molecule has 1 amide bonds. The van der Waals surface area contributed by atoms with Crippen LogP contribution in [0.1, 0.15) is 34.6 Å². The molecule has 1 aromatic carbocycles. The monoisotopic (exact) mass is 305 g/mol. The van der Waals surface area contributed by atoms with Crippen LogP contribution in [0, 0.1) is 0 Å². The number of anilines is 1. The summed E-state index contributed by atoms with van der Waals surface area (Å²) in [6, 6.07) is 5.53. The highest BCUT2D eigenvalue weighted by molar-refractivity contribution is 5.98. The number of aliphatic hydroxyl groups excluding tert-OH is 1. The molecule has 0 spiro atoms. The Bertz CT molecular complexity index is 683. The molecule has 0 aliphatic carbocycles. The van der Waals surface area contributed by atoms with E-state index in [0.717, 1.165) is 10.9 Å². The van der Waals surface area contributed by atoms with Crippen LogP contribution < -0.4 is 5.32 Å². The second-order valence-corrected chi connectivity index (χ2v) is 6.89. The minimum Gasteiger partial charge on any atom is -0.444 e. The van der Waals surface area contributed by atoms with Crippen molar-refractivity contribution in [2.24, 2.45) is 0 Å². The van der Waals surface area contributed by atoms with Gasteiger partial charge in [-0.3, -0.25) is 10.00 Å². The molecule has 2 N–H and O–H groups in total. The molecule has 6 heteroatoms. The van der Waals surface area contributed by atoms with Crippen LogP contribution in [-0.2, 0) is 10.3 Å². The van der Waals surface area contributed by atoms with Gasteiger partial charge in [0.15, 0.2) is 0 Å². The molecule has 0 aliphatic heterocycles. The molecule has 0 fully saturated rings. The van der Waals surface area contributed by atoms with Gasteiger partial charge in [-0.1, -0.05) is 6.07 Å². The van der Waals surface area contributed by atoms with E-state index in [0.29, 0.717) is 5.69 Å². The van der Waals surface area contributed by atoms with Crippen LogP contribution in [0.5, 0.6) is 0 Å². The molecule has 0 radical (unpaired) electrons. The maximum atomic E-state index is 11.9. The Kier molecular flexibility index (Phi) is 4.15. The lowest BCUT2D eigenvalue weighted by molar-refractivity contribution is 0.0636. The van der Waals surface area contributed by atoms with Gasteiger partial charge < -0.3 is 9.84 Å². The normalized spacial score (nSPS) is 12.5. The average Bonchev–Trinajstić information content (AvgIpc) is 2.82. The van der Waals surface area contributed by atoms with Gasteiger partial charge >= 0.3 is 6.09 Å². The predicted molar refractivity (Wildman–Crippen MR) is 86.0 cm³/mol. The number of amides is 1. The van der Waals surface area contributed by atoms with Gasteiger partial charge in [0.1, 0.15) is 5.60 Å². The second-order valence-electron chi connectivity index (χ2n) is 6.89. The highest BCUT2D eigenvalue weighted by Crippen LogP contribution is 2.27. The molecule has 1 aromatic heterocycles. The summed E-state index contributed by atoms with van der Waals surface area (Å²) < 4.78 is 7.02. The highest BCUT2D eigenvalue weighted by atomic mass is 16.6. The fourth-order valence-corrected chi connectivity index (χ4v) is 2.12. The second kappa shape index (κ2) is 5.61. The molecular formula is C16H23N3O3. The minimum atomic E-state index is -0.555. The van der Waals surface area contributed by atoms with E-state index in [2.05, 4.69) is 10.4 Å². The molecule has 0 aliphatic rings. The van der Waals surface area contributed by atoms with E-state index >= 15 is 0 Å². The van der Waals surface area contributed by atoms with Crippen molar-refractivity contribution in [1.82, 2.24) is 9.78 Å². The first-order chi connectivity index (χ1) is 10.1. The zero-order valence-electron chi connectivity index (χ0n) is 13.7. The fourth-order valence-electron chi connectivity index (χ4n) is 2.12. The number of nitrogens with zero attached hydrogens (tertiary/aromatic N) is 2. The molecule has 0 unspecified atom stereocenters. The zero-order valence-corrected chi connectivity index (χ0v) is 13.7. The minimum absolute atomic E-state index is 0.0342. The molecule has 0 bridgehead atoms. The standard InChI is InChI=1S/C16H23N3O3/c1-15(2,3)22-14(21)18-12-7-6-8-13-11(12)9-17-19(13)16(4,5)10-20/h6-9,20H,10H2,1-5H3,(H,18,21). The lowest BCUT2D eigenvalue weighted by Gasteiger charge is -2.23. The number of nitrogens with one attached hydrogen (secondary N) is 1. The first kappa shape index (κ1) is 16.3. The first-order valence-electron chi connectivity index (χ1n) is 7.22. The van der Waals surface area contributed by atoms with Gasteiger partial charge in [0, 0.05) is 5.39 Å². The van der Waals surface area contributed by atoms with Crippen LogP contribution in [0.3, 0.4) is 0 Å². The van der Waals surface area contributed by atoms with Gasteiger partial charge in [-0.05, 0) is 46.8 Å². The Balaban J connectivity index is 2.35. The van der Waals surface area contributed by atoms with Crippen LogP contribution in [-0.4, -0.2) is 33.2 Å². The quantitative estimate of drug-likeness (QED) is 0.913.